The Bertz CT molecular complexity index is 1270. The molecule has 0 radical (unpaired) electrons. The van der Waals surface area contributed by atoms with Gasteiger partial charge in [0.25, 0.3) is 0 Å². The number of hydrogen-bond donors (Lipinski definition) is 0. The Hall–Kier alpha value is -2.97. The Morgan fingerprint density at radius 3 is 2.26 bits per heavy atom. The summed E-state index contributed by atoms with van der Waals surface area (Å²) >= 11 is 1.42. The first-order chi connectivity index (χ1) is 14.9. The van der Waals surface area contributed by atoms with Crippen LogP contribution in [0.5, 0.6) is 0 Å². The van der Waals surface area contributed by atoms with E-state index in [-0.39, 0.29) is 16.5 Å². The highest BCUT2D eigenvalue weighted by molar-refractivity contribution is 7.98. The molecule has 3 aromatic carbocycles. The average molecular weight is 454 g/mol. The maximum absolute atomic E-state index is 13.2. The van der Waals surface area contributed by atoms with E-state index in [1.165, 1.54) is 23.9 Å². The van der Waals surface area contributed by atoms with E-state index >= 15 is 0 Å². The van der Waals surface area contributed by atoms with Crippen molar-refractivity contribution in [3.63, 3.8) is 0 Å². The van der Waals surface area contributed by atoms with E-state index in [9.17, 15) is 12.8 Å². The molecule has 4 aromatic rings. The molecule has 5 nitrogen and oxygen atoms in total. The van der Waals surface area contributed by atoms with Crippen molar-refractivity contribution in [3.05, 3.63) is 102 Å². The van der Waals surface area contributed by atoms with Crippen molar-refractivity contribution >= 4 is 21.6 Å². The van der Waals surface area contributed by atoms with Crippen LogP contribution in [-0.4, -0.2) is 23.2 Å². The number of aromatic nitrogens is 3. The van der Waals surface area contributed by atoms with Crippen LogP contribution in [0.2, 0.25) is 0 Å². The predicted molar refractivity (Wildman–Crippen MR) is 119 cm³/mol. The van der Waals surface area contributed by atoms with Crippen molar-refractivity contribution in [1.29, 1.82) is 0 Å². The Morgan fingerprint density at radius 2 is 1.58 bits per heavy atom. The second kappa shape index (κ2) is 9.03. The van der Waals surface area contributed by atoms with E-state index in [2.05, 4.69) is 10.2 Å². The highest BCUT2D eigenvalue weighted by Gasteiger charge is 2.22. The molecule has 0 unspecified atom stereocenters. The molecule has 8 heteroatoms. The lowest BCUT2D eigenvalue weighted by molar-refractivity contribution is 0.593. The van der Waals surface area contributed by atoms with Gasteiger partial charge in [-0.2, -0.15) is 0 Å². The molecule has 0 aliphatic rings. The van der Waals surface area contributed by atoms with E-state index in [1.54, 1.807) is 41.0 Å². The summed E-state index contributed by atoms with van der Waals surface area (Å²) in [6, 6.07) is 22.4. The minimum atomic E-state index is -3.59. The van der Waals surface area contributed by atoms with E-state index in [0.717, 1.165) is 16.8 Å². The van der Waals surface area contributed by atoms with Crippen LogP contribution in [0.1, 0.15) is 17.0 Å². The monoisotopic (exact) mass is 453 g/mol. The first-order valence-electron chi connectivity index (χ1n) is 9.59. The summed E-state index contributed by atoms with van der Waals surface area (Å²) in [6.45, 7) is 1.91. The molecular formula is C23H20FN3O2S2. The summed E-state index contributed by atoms with van der Waals surface area (Å²) in [5.41, 5.74) is 2.71. The average Bonchev–Trinajstić information content (AvgIpc) is 3.16. The summed E-state index contributed by atoms with van der Waals surface area (Å²) in [4.78, 5) is 0.251. The van der Waals surface area contributed by atoms with Crippen LogP contribution in [0.25, 0.3) is 5.69 Å². The van der Waals surface area contributed by atoms with Crippen molar-refractivity contribution in [1.82, 2.24) is 14.8 Å². The predicted octanol–water partition coefficient (Wildman–Crippen LogP) is 4.98. The summed E-state index contributed by atoms with van der Waals surface area (Å²) in [6.07, 6.45) is 0. The normalized spacial score (nSPS) is 11.5. The molecule has 31 heavy (non-hydrogen) atoms. The first-order valence-corrected chi connectivity index (χ1v) is 12.2. The van der Waals surface area contributed by atoms with Crippen LogP contribution in [0.15, 0.2) is 88.9 Å². The van der Waals surface area contributed by atoms with Crippen LogP contribution in [0.3, 0.4) is 0 Å². The second-order valence-electron chi connectivity index (χ2n) is 7.06. The third kappa shape index (κ3) is 5.03. The standard InChI is InChI=1S/C23H20FN3O2S2/c1-17-7-13-21(14-8-17)31(28,29)16-22-25-26-23(27(22)20-5-3-2-4-6-20)30-15-18-9-11-19(24)12-10-18/h2-14H,15-16H2,1H3. The van der Waals surface area contributed by atoms with Crippen LogP contribution in [-0.2, 0) is 21.3 Å². The maximum atomic E-state index is 13.2. The molecule has 0 spiro atoms. The van der Waals surface area contributed by atoms with E-state index in [4.69, 9.17) is 0 Å². The fourth-order valence-corrected chi connectivity index (χ4v) is 5.22. The van der Waals surface area contributed by atoms with Gasteiger partial charge in [0, 0.05) is 11.4 Å². The Kier molecular flexibility index (Phi) is 6.20. The summed E-state index contributed by atoms with van der Waals surface area (Å²) in [5.74, 6) is 0.337. The summed E-state index contributed by atoms with van der Waals surface area (Å²) in [5, 5.41) is 9.03. The fraction of sp³-hybridized carbons (Fsp3) is 0.130. The van der Waals surface area contributed by atoms with Crippen molar-refractivity contribution in [2.75, 3.05) is 0 Å². The van der Waals surface area contributed by atoms with Gasteiger partial charge in [-0.1, -0.05) is 59.8 Å². The van der Waals surface area contributed by atoms with Gasteiger partial charge < -0.3 is 0 Å². The number of sulfone groups is 1. The van der Waals surface area contributed by atoms with E-state index in [0.29, 0.717) is 16.7 Å². The van der Waals surface area contributed by atoms with Crippen LogP contribution in [0.4, 0.5) is 4.39 Å². The number of benzene rings is 3. The van der Waals surface area contributed by atoms with Gasteiger partial charge in [-0.15, -0.1) is 10.2 Å². The molecule has 0 amide bonds. The van der Waals surface area contributed by atoms with Crippen molar-refractivity contribution in [2.24, 2.45) is 0 Å². The molecule has 0 saturated heterocycles. The highest BCUT2D eigenvalue weighted by Crippen LogP contribution is 2.27. The Labute approximate surface area is 184 Å². The van der Waals surface area contributed by atoms with Crippen molar-refractivity contribution in [3.8, 4) is 5.69 Å². The summed E-state index contributed by atoms with van der Waals surface area (Å²) < 4.78 is 40.9. The van der Waals surface area contributed by atoms with Crippen molar-refractivity contribution < 1.29 is 12.8 Å². The molecule has 0 saturated carbocycles. The van der Waals surface area contributed by atoms with Gasteiger partial charge in [-0.3, -0.25) is 4.57 Å². The maximum Gasteiger partial charge on any atom is 0.196 e. The largest absolute Gasteiger partial charge is 0.273 e. The second-order valence-corrected chi connectivity index (χ2v) is 9.99. The van der Waals surface area contributed by atoms with Crippen LogP contribution >= 0.6 is 11.8 Å². The summed E-state index contributed by atoms with van der Waals surface area (Å²) in [7, 11) is -3.59. The van der Waals surface area contributed by atoms with Gasteiger partial charge >= 0.3 is 0 Å². The quantitative estimate of drug-likeness (QED) is 0.369. The number of halogens is 1. The molecule has 0 atom stereocenters. The molecule has 0 aliphatic carbocycles. The lowest BCUT2D eigenvalue weighted by Crippen LogP contribution is -2.11. The first kappa shape index (κ1) is 21.3. The molecular weight excluding hydrogens is 433 g/mol. The molecule has 0 N–H and O–H groups in total. The molecule has 1 aromatic heterocycles. The number of para-hydroxylation sites is 1. The smallest absolute Gasteiger partial charge is 0.196 e. The van der Waals surface area contributed by atoms with Gasteiger partial charge in [0.05, 0.1) is 4.90 Å². The molecule has 158 valence electrons. The molecule has 0 fully saturated rings. The third-order valence-electron chi connectivity index (χ3n) is 4.70. The minimum Gasteiger partial charge on any atom is -0.273 e. The van der Waals surface area contributed by atoms with Gasteiger partial charge in [-0.05, 0) is 48.9 Å². The Balaban J connectivity index is 1.66. The number of thioether (sulfide) groups is 1. The van der Waals surface area contributed by atoms with E-state index in [1.807, 2.05) is 37.3 Å². The number of aryl methyl sites for hydroxylation is 1. The molecule has 0 aliphatic heterocycles. The SMILES string of the molecule is Cc1ccc(S(=O)(=O)Cc2nnc(SCc3ccc(F)cc3)n2-c2ccccc2)cc1. The zero-order valence-corrected chi connectivity index (χ0v) is 18.4. The van der Waals surface area contributed by atoms with Gasteiger partial charge in [-0.25, -0.2) is 12.8 Å². The minimum absolute atomic E-state index is 0.251. The molecule has 0 bridgehead atoms. The zero-order chi connectivity index (χ0) is 21.8. The van der Waals surface area contributed by atoms with Crippen LogP contribution in [0, 0.1) is 12.7 Å². The molecule has 4 rings (SSSR count). The fourth-order valence-electron chi connectivity index (χ4n) is 3.05. The number of hydrogen-bond acceptors (Lipinski definition) is 5. The molecule has 1 heterocycles. The topological polar surface area (TPSA) is 64.8 Å². The van der Waals surface area contributed by atoms with Gasteiger partial charge in [0.15, 0.2) is 20.8 Å². The lowest BCUT2D eigenvalue weighted by Gasteiger charge is -2.11. The number of nitrogens with zero attached hydrogens (tertiary/aromatic N) is 3. The Morgan fingerprint density at radius 1 is 0.903 bits per heavy atom. The zero-order valence-electron chi connectivity index (χ0n) is 16.8. The van der Waals surface area contributed by atoms with Crippen molar-refractivity contribution in [2.45, 2.75) is 28.5 Å². The highest BCUT2D eigenvalue weighted by atomic mass is 32.2. The van der Waals surface area contributed by atoms with Gasteiger partial charge in [0.1, 0.15) is 11.6 Å². The number of rotatable bonds is 7. The van der Waals surface area contributed by atoms with Crippen LogP contribution < -0.4 is 0 Å². The lowest BCUT2D eigenvalue weighted by atomic mass is 10.2. The van der Waals surface area contributed by atoms with E-state index < -0.39 is 9.84 Å². The third-order valence-corrected chi connectivity index (χ3v) is 7.32. The van der Waals surface area contributed by atoms with Gasteiger partial charge in [0.2, 0.25) is 0 Å².